The van der Waals surface area contributed by atoms with Crippen LogP contribution in [0.5, 0.6) is 0 Å². The minimum atomic E-state index is -0.716. The summed E-state index contributed by atoms with van der Waals surface area (Å²) < 4.78 is 32.6. The highest BCUT2D eigenvalue weighted by Gasteiger charge is 2.20. The van der Waals surface area contributed by atoms with Gasteiger partial charge < -0.3 is 9.73 Å². The van der Waals surface area contributed by atoms with Crippen molar-refractivity contribution in [2.24, 2.45) is 0 Å². The van der Waals surface area contributed by atoms with Crippen LogP contribution in [0.25, 0.3) is 11.5 Å². The second-order valence-electron chi connectivity index (χ2n) is 4.06. The van der Waals surface area contributed by atoms with Gasteiger partial charge in [-0.2, -0.15) is 0 Å². The molecule has 1 heterocycles. The van der Waals surface area contributed by atoms with Crippen molar-refractivity contribution in [3.05, 3.63) is 35.7 Å². The molecule has 19 heavy (non-hydrogen) atoms. The van der Waals surface area contributed by atoms with Crippen LogP contribution < -0.4 is 5.32 Å². The molecule has 4 nitrogen and oxygen atoms in total. The van der Waals surface area contributed by atoms with Gasteiger partial charge in [0.2, 0.25) is 5.89 Å². The van der Waals surface area contributed by atoms with Crippen LogP contribution in [0.15, 0.2) is 22.6 Å². The molecule has 2 rings (SSSR count). The van der Waals surface area contributed by atoms with E-state index in [1.807, 2.05) is 13.8 Å². The van der Waals surface area contributed by atoms with Crippen molar-refractivity contribution in [2.75, 3.05) is 6.54 Å². The van der Waals surface area contributed by atoms with Gasteiger partial charge in [0.25, 0.3) is 5.89 Å². The first kappa shape index (κ1) is 13.6. The van der Waals surface area contributed by atoms with Crippen LogP contribution in [0.3, 0.4) is 0 Å². The van der Waals surface area contributed by atoms with Crippen molar-refractivity contribution in [3.63, 3.8) is 0 Å². The second-order valence-corrected chi connectivity index (χ2v) is 4.06. The molecule has 1 unspecified atom stereocenters. The Morgan fingerprint density at radius 3 is 2.47 bits per heavy atom. The highest BCUT2D eigenvalue weighted by atomic mass is 19.1. The lowest BCUT2D eigenvalue weighted by Gasteiger charge is -2.10. The Hall–Kier alpha value is -1.82. The summed E-state index contributed by atoms with van der Waals surface area (Å²) in [5.41, 5.74) is -0.285. The number of halogens is 2. The molecule has 1 atom stereocenters. The highest BCUT2D eigenvalue weighted by Crippen LogP contribution is 2.26. The van der Waals surface area contributed by atoms with Crippen molar-refractivity contribution < 1.29 is 13.2 Å². The molecule has 0 amide bonds. The molecule has 0 aliphatic carbocycles. The summed E-state index contributed by atoms with van der Waals surface area (Å²) in [6.07, 6.45) is 0.745. The largest absolute Gasteiger partial charge is 0.419 e. The van der Waals surface area contributed by atoms with Gasteiger partial charge >= 0.3 is 0 Å². The van der Waals surface area contributed by atoms with Crippen LogP contribution in [0.1, 0.15) is 32.2 Å². The SMILES string of the molecule is CCNC(CC)c1nnc(-c2c(F)cccc2F)o1. The van der Waals surface area contributed by atoms with E-state index in [4.69, 9.17) is 4.42 Å². The molecule has 1 aromatic carbocycles. The van der Waals surface area contributed by atoms with E-state index in [-0.39, 0.29) is 17.5 Å². The van der Waals surface area contributed by atoms with E-state index < -0.39 is 11.6 Å². The zero-order valence-corrected chi connectivity index (χ0v) is 10.8. The van der Waals surface area contributed by atoms with Crippen LogP contribution in [0, 0.1) is 11.6 Å². The fourth-order valence-electron chi connectivity index (χ4n) is 1.83. The van der Waals surface area contributed by atoms with Crippen LogP contribution in [0.2, 0.25) is 0 Å². The molecule has 0 fully saturated rings. The lowest BCUT2D eigenvalue weighted by atomic mass is 10.2. The third kappa shape index (κ3) is 2.78. The summed E-state index contributed by atoms with van der Waals surface area (Å²) in [5, 5.41) is 10.7. The standard InChI is InChI=1S/C13H15F2N3O/c1-3-10(16-4-2)12-17-18-13(19-12)11-8(14)6-5-7-9(11)15/h5-7,10,16H,3-4H2,1-2H3. The molecule has 0 saturated carbocycles. The van der Waals surface area contributed by atoms with Gasteiger partial charge in [-0.15, -0.1) is 10.2 Å². The Morgan fingerprint density at radius 1 is 1.21 bits per heavy atom. The van der Waals surface area contributed by atoms with Crippen LogP contribution in [0.4, 0.5) is 8.78 Å². The number of hydrogen-bond acceptors (Lipinski definition) is 4. The lowest BCUT2D eigenvalue weighted by Crippen LogP contribution is -2.20. The number of nitrogens with one attached hydrogen (secondary N) is 1. The second kappa shape index (κ2) is 5.88. The van der Waals surface area contributed by atoms with Gasteiger partial charge in [0, 0.05) is 0 Å². The minimum Gasteiger partial charge on any atom is -0.419 e. The van der Waals surface area contributed by atoms with Crippen molar-refractivity contribution in [1.82, 2.24) is 15.5 Å². The summed E-state index contributed by atoms with van der Waals surface area (Å²) in [5.74, 6) is -1.23. The molecular formula is C13H15F2N3O. The first-order chi connectivity index (χ1) is 9.17. The van der Waals surface area contributed by atoms with Gasteiger partial charge in [-0.25, -0.2) is 8.78 Å². The van der Waals surface area contributed by atoms with Crippen LogP contribution in [-0.4, -0.2) is 16.7 Å². The summed E-state index contributed by atoms with van der Waals surface area (Å²) in [4.78, 5) is 0. The molecule has 2 aromatic rings. The van der Waals surface area contributed by atoms with E-state index in [1.165, 1.54) is 6.07 Å². The van der Waals surface area contributed by atoms with E-state index in [1.54, 1.807) is 0 Å². The fraction of sp³-hybridized carbons (Fsp3) is 0.385. The Balaban J connectivity index is 2.35. The third-order valence-electron chi connectivity index (χ3n) is 2.77. The van der Waals surface area contributed by atoms with E-state index in [0.717, 1.165) is 25.1 Å². The zero-order valence-electron chi connectivity index (χ0n) is 10.8. The molecule has 0 aliphatic rings. The third-order valence-corrected chi connectivity index (χ3v) is 2.77. The molecule has 1 aromatic heterocycles. The first-order valence-electron chi connectivity index (χ1n) is 6.18. The smallest absolute Gasteiger partial charge is 0.253 e. The maximum Gasteiger partial charge on any atom is 0.253 e. The molecule has 0 bridgehead atoms. The number of nitrogens with zero attached hydrogens (tertiary/aromatic N) is 2. The number of hydrogen-bond donors (Lipinski definition) is 1. The van der Waals surface area contributed by atoms with Gasteiger partial charge in [0.1, 0.15) is 17.2 Å². The lowest BCUT2D eigenvalue weighted by molar-refractivity contribution is 0.400. The van der Waals surface area contributed by atoms with Gasteiger partial charge in [-0.3, -0.25) is 0 Å². The predicted octanol–water partition coefficient (Wildman–Crippen LogP) is 3.08. The van der Waals surface area contributed by atoms with Gasteiger partial charge in [0.05, 0.1) is 6.04 Å². The molecule has 102 valence electrons. The van der Waals surface area contributed by atoms with Crippen LogP contribution >= 0.6 is 0 Å². The maximum absolute atomic E-state index is 13.6. The normalized spacial score (nSPS) is 12.6. The highest BCUT2D eigenvalue weighted by molar-refractivity contribution is 5.54. The van der Waals surface area contributed by atoms with Crippen molar-refractivity contribution >= 4 is 0 Å². The molecule has 0 spiro atoms. The Labute approximate surface area is 109 Å². The van der Waals surface area contributed by atoms with Crippen molar-refractivity contribution in [3.8, 4) is 11.5 Å². The summed E-state index contributed by atoms with van der Waals surface area (Å²) in [6.45, 7) is 4.65. The van der Waals surface area contributed by atoms with E-state index in [9.17, 15) is 8.78 Å². The van der Waals surface area contributed by atoms with Gasteiger partial charge in [0.15, 0.2) is 0 Å². The van der Waals surface area contributed by atoms with E-state index in [0.29, 0.717) is 5.89 Å². The van der Waals surface area contributed by atoms with E-state index >= 15 is 0 Å². The Kier molecular flexibility index (Phi) is 4.21. The molecule has 1 N–H and O–H groups in total. The van der Waals surface area contributed by atoms with Crippen molar-refractivity contribution in [2.45, 2.75) is 26.3 Å². The van der Waals surface area contributed by atoms with Gasteiger partial charge in [-0.05, 0) is 25.1 Å². The number of benzene rings is 1. The Bertz CT molecular complexity index is 536. The molecular weight excluding hydrogens is 252 g/mol. The molecule has 0 saturated heterocycles. The average molecular weight is 267 g/mol. The quantitative estimate of drug-likeness (QED) is 0.904. The maximum atomic E-state index is 13.6. The number of rotatable bonds is 5. The predicted molar refractivity (Wildman–Crippen MR) is 66.4 cm³/mol. The summed E-state index contributed by atoms with van der Waals surface area (Å²) in [7, 11) is 0. The van der Waals surface area contributed by atoms with E-state index in [2.05, 4.69) is 15.5 Å². The van der Waals surface area contributed by atoms with Crippen LogP contribution in [-0.2, 0) is 0 Å². The fourth-order valence-corrected chi connectivity index (χ4v) is 1.83. The molecule has 0 radical (unpaired) electrons. The monoisotopic (exact) mass is 267 g/mol. The summed E-state index contributed by atoms with van der Waals surface area (Å²) in [6, 6.07) is 3.49. The van der Waals surface area contributed by atoms with Crippen molar-refractivity contribution in [1.29, 1.82) is 0 Å². The first-order valence-corrected chi connectivity index (χ1v) is 6.18. The minimum absolute atomic E-state index is 0.110. The topological polar surface area (TPSA) is 51.0 Å². The average Bonchev–Trinajstić information content (AvgIpc) is 2.85. The van der Waals surface area contributed by atoms with Gasteiger partial charge in [-0.1, -0.05) is 19.9 Å². The molecule has 6 heteroatoms. The zero-order chi connectivity index (χ0) is 13.8. The number of aromatic nitrogens is 2. The summed E-state index contributed by atoms with van der Waals surface area (Å²) >= 11 is 0. The molecule has 0 aliphatic heterocycles. The Morgan fingerprint density at radius 2 is 1.89 bits per heavy atom.